The zero-order valence-electron chi connectivity index (χ0n) is 9.04. The van der Waals surface area contributed by atoms with Crippen LogP contribution in [0.25, 0.3) is 0 Å². The van der Waals surface area contributed by atoms with Gasteiger partial charge in [-0.3, -0.25) is 0 Å². The summed E-state index contributed by atoms with van der Waals surface area (Å²) in [6.45, 7) is 5.21. The van der Waals surface area contributed by atoms with Crippen LogP contribution in [-0.2, 0) is 6.54 Å². The molecule has 14 heavy (non-hydrogen) atoms. The minimum Gasteiger partial charge on any atom is -0.494 e. The Kier molecular flexibility index (Phi) is 4.14. The first-order valence-electron chi connectivity index (χ1n) is 4.94. The lowest BCUT2D eigenvalue weighted by Crippen LogP contribution is -2.02. The summed E-state index contributed by atoms with van der Waals surface area (Å²) in [7, 11) is 1.66. The largest absolute Gasteiger partial charge is 0.494 e. The fourth-order valence-corrected chi connectivity index (χ4v) is 1.68. The van der Waals surface area contributed by atoms with Crippen molar-refractivity contribution in [3.8, 4) is 5.75 Å². The molecule has 0 radical (unpaired) electrons. The van der Waals surface area contributed by atoms with Crippen LogP contribution in [0.15, 0.2) is 12.3 Å². The van der Waals surface area contributed by atoms with Gasteiger partial charge in [-0.25, -0.2) is 0 Å². The minimum atomic E-state index is 0.798. The van der Waals surface area contributed by atoms with E-state index in [-0.39, 0.29) is 0 Å². The molecule has 0 unspecified atom stereocenters. The first kappa shape index (κ1) is 11.2. The summed E-state index contributed by atoms with van der Waals surface area (Å²) >= 11 is 5.30. The lowest BCUT2D eigenvalue weighted by Gasteiger charge is -2.10. The summed E-state index contributed by atoms with van der Waals surface area (Å²) in [5, 5.41) is 0. The topological polar surface area (TPSA) is 14.2 Å². The number of ether oxygens (including phenoxy) is 1. The van der Waals surface area contributed by atoms with Crippen LogP contribution in [-0.4, -0.2) is 11.7 Å². The maximum Gasteiger partial charge on any atom is 0.154 e. The Labute approximate surface area is 90.5 Å². The fraction of sp³-hybridized carbons (Fsp3) is 0.545. The number of unbranched alkanes of at least 4 members (excludes halogenated alkanes) is 1. The Morgan fingerprint density at radius 2 is 2.21 bits per heavy atom. The molecule has 0 fully saturated rings. The molecule has 0 saturated heterocycles. The van der Waals surface area contributed by atoms with E-state index in [1.165, 1.54) is 12.0 Å². The molecule has 78 valence electrons. The number of aryl methyl sites for hydroxylation is 2. The smallest absolute Gasteiger partial charge is 0.154 e. The Balaban J connectivity index is 3.03. The Bertz CT molecular complexity index is 357. The van der Waals surface area contributed by atoms with Crippen molar-refractivity contribution >= 4 is 12.2 Å². The second kappa shape index (κ2) is 5.15. The van der Waals surface area contributed by atoms with Gasteiger partial charge in [0.1, 0.15) is 4.64 Å². The van der Waals surface area contributed by atoms with Crippen molar-refractivity contribution in [1.82, 2.24) is 4.57 Å². The zero-order valence-corrected chi connectivity index (χ0v) is 9.86. The first-order chi connectivity index (χ1) is 6.69. The lowest BCUT2D eigenvalue weighted by molar-refractivity contribution is 0.405. The molecule has 0 aliphatic heterocycles. The van der Waals surface area contributed by atoms with Gasteiger partial charge in [0.25, 0.3) is 0 Å². The first-order valence-corrected chi connectivity index (χ1v) is 5.35. The van der Waals surface area contributed by atoms with Crippen LogP contribution in [0.1, 0.15) is 25.3 Å². The predicted molar refractivity (Wildman–Crippen MR) is 61.5 cm³/mol. The average molecular weight is 211 g/mol. The van der Waals surface area contributed by atoms with E-state index in [4.69, 9.17) is 17.0 Å². The summed E-state index contributed by atoms with van der Waals surface area (Å²) in [6, 6.07) is 1.98. The molecule has 1 aromatic heterocycles. The third-order valence-corrected chi connectivity index (χ3v) is 2.60. The number of rotatable bonds is 4. The lowest BCUT2D eigenvalue weighted by atomic mass is 10.3. The molecule has 3 heteroatoms. The molecule has 0 amide bonds. The van der Waals surface area contributed by atoms with Gasteiger partial charge in [0.05, 0.1) is 7.11 Å². The van der Waals surface area contributed by atoms with Crippen LogP contribution in [0.4, 0.5) is 0 Å². The number of aromatic nitrogens is 1. The number of hydrogen-bond acceptors (Lipinski definition) is 2. The van der Waals surface area contributed by atoms with Crippen molar-refractivity contribution in [3.05, 3.63) is 22.5 Å². The number of hydrogen-bond donors (Lipinski definition) is 0. The van der Waals surface area contributed by atoms with Gasteiger partial charge in [0, 0.05) is 12.7 Å². The fourth-order valence-electron chi connectivity index (χ4n) is 1.39. The van der Waals surface area contributed by atoms with Gasteiger partial charge in [-0.2, -0.15) is 0 Å². The molecule has 0 bridgehead atoms. The molecule has 0 saturated carbocycles. The molecular formula is C11H17NOS. The number of pyridine rings is 1. The standard InChI is InChI=1S/C11H17NOS/c1-4-5-6-12-8-9(2)7-10(13-3)11(12)14/h7-8H,4-6H2,1-3H3. The van der Waals surface area contributed by atoms with E-state index in [9.17, 15) is 0 Å². The van der Waals surface area contributed by atoms with Crippen LogP contribution in [0.3, 0.4) is 0 Å². The van der Waals surface area contributed by atoms with Crippen LogP contribution < -0.4 is 4.74 Å². The number of nitrogens with zero attached hydrogens (tertiary/aromatic N) is 1. The van der Waals surface area contributed by atoms with Crippen molar-refractivity contribution in [3.63, 3.8) is 0 Å². The van der Waals surface area contributed by atoms with Crippen LogP contribution in [0.2, 0.25) is 0 Å². The summed E-state index contributed by atoms with van der Waals surface area (Å²) < 4.78 is 8.11. The highest BCUT2D eigenvalue weighted by Gasteiger charge is 2.00. The number of methoxy groups -OCH3 is 1. The monoisotopic (exact) mass is 211 g/mol. The molecule has 0 atom stereocenters. The van der Waals surface area contributed by atoms with Crippen LogP contribution >= 0.6 is 12.2 Å². The van der Waals surface area contributed by atoms with E-state index in [2.05, 4.69) is 24.6 Å². The summed E-state index contributed by atoms with van der Waals surface area (Å²) in [4.78, 5) is 0. The van der Waals surface area contributed by atoms with Crippen LogP contribution in [0, 0.1) is 11.6 Å². The summed E-state index contributed by atoms with van der Waals surface area (Å²) in [5.74, 6) is 0.802. The zero-order chi connectivity index (χ0) is 10.6. The van der Waals surface area contributed by atoms with Crippen molar-refractivity contribution in [2.75, 3.05) is 7.11 Å². The van der Waals surface area contributed by atoms with Crippen molar-refractivity contribution in [1.29, 1.82) is 0 Å². The van der Waals surface area contributed by atoms with E-state index in [1.807, 2.05) is 6.07 Å². The highest BCUT2D eigenvalue weighted by molar-refractivity contribution is 7.71. The highest BCUT2D eigenvalue weighted by Crippen LogP contribution is 2.16. The van der Waals surface area contributed by atoms with Gasteiger partial charge in [0.2, 0.25) is 0 Å². The second-order valence-corrected chi connectivity index (χ2v) is 3.82. The predicted octanol–water partition coefficient (Wildman–Crippen LogP) is 3.33. The van der Waals surface area contributed by atoms with Gasteiger partial charge in [-0.1, -0.05) is 25.6 Å². The molecule has 0 aliphatic carbocycles. The molecule has 1 heterocycles. The third kappa shape index (κ3) is 2.58. The van der Waals surface area contributed by atoms with E-state index < -0.39 is 0 Å². The van der Waals surface area contributed by atoms with Gasteiger partial charge in [-0.15, -0.1) is 0 Å². The van der Waals surface area contributed by atoms with Crippen LogP contribution in [0.5, 0.6) is 5.75 Å². The normalized spacial score (nSPS) is 10.2. The molecule has 0 spiro atoms. The maximum atomic E-state index is 5.30. The minimum absolute atomic E-state index is 0.798. The summed E-state index contributed by atoms with van der Waals surface area (Å²) in [5.41, 5.74) is 1.19. The quantitative estimate of drug-likeness (QED) is 0.709. The molecule has 0 aliphatic rings. The molecule has 1 aromatic rings. The molecular weight excluding hydrogens is 194 g/mol. The van der Waals surface area contributed by atoms with Gasteiger partial charge >= 0.3 is 0 Å². The summed E-state index contributed by atoms with van der Waals surface area (Å²) in [6.07, 6.45) is 4.42. The molecule has 2 nitrogen and oxygen atoms in total. The molecule has 1 rings (SSSR count). The SMILES string of the molecule is CCCCn1cc(C)cc(OC)c1=S. The second-order valence-electron chi connectivity index (χ2n) is 3.44. The van der Waals surface area contributed by atoms with Gasteiger partial charge in [-0.05, 0) is 25.0 Å². The Hall–Kier alpha value is -0.830. The van der Waals surface area contributed by atoms with E-state index in [0.717, 1.165) is 23.4 Å². The van der Waals surface area contributed by atoms with E-state index >= 15 is 0 Å². The Morgan fingerprint density at radius 1 is 1.50 bits per heavy atom. The van der Waals surface area contributed by atoms with Crippen molar-refractivity contribution in [2.45, 2.75) is 33.2 Å². The highest BCUT2D eigenvalue weighted by atomic mass is 32.1. The van der Waals surface area contributed by atoms with Gasteiger partial charge in [0.15, 0.2) is 5.75 Å². The maximum absolute atomic E-state index is 5.30. The van der Waals surface area contributed by atoms with E-state index in [0.29, 0.717) is 0 Å². The van der Waals surface area contributed by atoms with Crippen molar-refractivity contribution in [2.24, 2.45) is 0 Å². The average Bonchev–Trinajstić information content (AvgIpc) is 2.18. The van der Waals surface area contributed by atoms with E-state index in [1.54, 1.807) is 7.11 Å². The third-order valence-electron chi connectivity index (χ3n) is 2.16. The molecule has 0 N–H and O–H groups in total. The van der Waals surface area contributed by atoms with Gasteiger partial charge < -0.3 is 9.30 Å². The van der Waals surface area contributed by atoms with Crippen molar-refractivity contribution < 1.29 is 4.74 Å². The molecule has 0 aromatic carbocycles. The Morgan fingerprint density at radius 3 is 2.79 bits per heavy atom.